The van der Waals surface area contributed by atoms with Gasteiger partial charge in [-0.2, -0.15) is 0 Å². The van der Waals surface area contributed by atoms with Gasteiger partial charge in [-0.15, -0.1) is 0 Å². The van der Waals surface area contributed by atoms with Crippen molar-refractivity contribution in [2.24, 2.45) is 11.3 Å². The van der Waals surface area contributed by atoms with E-state index in [1.54, 1.807) is 13.2 Å². The molecule has 2 amide bonds. The van der Waals surface area contributed by atoms with Gasteiger partial charge < -0.3 is 20.3 Å². The molecular formula is C22H37N3O3. The molecule has 0 aromatic heterocycles. The summed E-state index contributed by atoms with van der Waals surface area (Å²) in [5, 5.41) is 5.85. The number of methoxy groups -OCH3 is 1. The molecule has 0 fully saturated rings. The molecule has 0 spiro atoms. The molecule has 1 unspecified atom stereocenters. The SMILES string of the molecule is COCCCNC(=O)c1cc(NC(=O)CC(C)CC(C)(C)C)ccc1N(C)C. The Labute approximate surface area is 170 Å². The van der Waals surface area contributed by atoms with Gasteiger partial charge in [0.25, 0.3) is 5.91 Å². The van der Waals surface area contributed by atoms with Gasteiger partial charge in [0.15, 0.2) is 0 Å². The number of anilines is 2. The monoisotopic (exact) mass is 391 g/mol. The highest BCUT2D eigenvalue weighted by Gasteiger charge is 2.19. The van der Waals surface area contributed by atoms with E-state index in [-0.39, 0.29) is 17.2 Å². The molecule has 0 saturated heterocycles. The first-order valence-electron chi connectivity index (χ1n) is 9.92. The number of ether oxygens (including phenoxy) is 1. The summed E-state index contributed by atoms with van der Waals surface area (Å²) >= 11 is 0. The minimum Gasteiger partial charge on any atom is -0.385 e. The molecule has 6 heteroatoms. The summed E-state index contributed by atoms with van der Waals surface area (Å²) in [6.45, 7) is 9.78. The smallest absolute Gasteiger partial charge is 0.253 e. The Morgan fingerprint density at radius 2 is 1.89 bits per heavy atom. The van der Waals surface area contributed by atoms with E-state index >= 15 is 0 Å². The molecule has 0 saturated carbocycles. The molecule has 158 valence electrons. The van der Waals surface area contributed by atoms with Crippen LogP contribution in [0.3, 0.4) is 0 Å². The maximum atomic E-state index is 12.6. The Balaban J connectivity index is 2.82. The molecular weight excluding hydrogens is 354 g/mol. The van der Waals surface area contributed by atoms with Crippen LogP contribution in [0.2, 0.25) is 0 Å². The molecule has 1 atom stereocenters. The van der Waals surface area contributed by atoms with Crippen LogP contribution in [0.25, 0.3) is 0 Å². The lowest BCUT2D eigenvalue weighted by Crippen LogP contribution is -2.27. The molecule has 0 aliphatic rings. The molecule has 0 aliphatic carbocycles. The molecule has 0 heterocycles. The lowest BCUT2D eigenvalue weighted by atomic mass is 9.84. The molecule has 28 heavy (non-hydrogen) atoms. The van der Waals surface area contributed by atoms with Crippen molar-refractivity contribution in [3.63, 3.8) is 0 Å². The van der Waals surface area contributed by atoms with Crippen LogP contribution in [0.1, 0.15) is 57.3 Å². The van der Waals surface area contributed by atoms with Crippen molar-refractivity contribution < 1.29 is 14.3 Å². The molecule has 1 aromatic rings. The Morgan fingerprint density at radius 3 is 2.46 bits per heavy atom. The van der Waals surface area contributed by atoms with E-state index < -0.39 is 0 Å². The van der Waals surface area contributed by atoms with Gasteiger partial charge >= 0.3 is 0 Å². The summed E-state index contributed by atoms with van der Waals surface area (Å²) in [6, 6.07) is 5.44. The number of nitrogens with zero attached hydrogens (tertiary/aromatic N) is 1. The minimum atomic E-state index is -0.156. The predicted molar refractivity (Wildman–Crippen MR) is 116 cm³/mol. The zero-order valence-electron chi connectivity index (χ0n) is 18.5. The summed E-state index contributed by atoms with van der Waals surface area (Å²) in [4.78, 5) is 26.9. The number of hydrogen-bond acceptors (Lipinski definition) is 4. The van der Waals surface area contributed by atoms with E-state index in [1.165, 1.54) is 0 Å². The highest BCUT2D eigenvalue weighted by molar-refractivity contribution is 6.02. The fraction of sp³-hybridized carbons (Fsp3) is 0.636. The minimum absolute atomic E-state index is 0.0270. The summed E-state index contributed by atoms with van der Waals surface area (Å²) in [5.74, 6) is 0.113. The Morgan fingerprint density at radius 1 is 1.21 bits per heavy atom. The van der Waals surface area contributed by atoms with Crippen molar-refractivity contribution in [1.82, 2.24) is 5.32 Å². The summed E-state index contributed by atoms with van der Waals surface area (Å²) in [6.07, 6.45) is 2.20. The van der Waals surface area contributed by atoms with Gasteiger partial charge in [-0.1, -0.05) is 27.7 Å². The first-order chi connectivity index (χ1) is 13.0. The van der Waals surface area contributed by atoms with Gasteiger partial charge in [-0.05, 0) is 42.4 Å². The number of hydrogen-bond donors (Lipinski definition) is 2. The fourth-order valence-corrected chi connectivity index (χ4v) is 3.35. The number of carbonyl (C=O) groups is 2. The summed E-state index contributed by atoms with van der Waals surface area (Å²) < 4.78 is 5.01. The number of benzene rings is 1. The zero-order valence-corrected chi connectivity index (χ0v) is 18.5. The van der Waals surface area contributed by atoms with Crippen molar-refractivity contribution in [2.45, 2.75) is 47.0 Å². The molecule has 1 rings (SSSR count). The van der Waals surface area contributed by atoms with Crippen molar-refractivity contribution in [2.75, 3.05) is 44.6 Å². The highest BCUT2D eigenvalue weighted by atomic mass is 16.5. The van der Waals surface area contributed by atoms with Crippen LogP contribution in [-0.2, 0) is 9.53 Å². The first kappa shape index (κ1) is 24.0. The molecule has 2 N–H and O–H groups in total. The topological polar surface area (TPSA) is 70.7 Å². The van der Waals surface area contributed by atoms with E-state index in [2.05, 4.69) is 38.3 Å². The lowest BCUT2D eigenvalue weighted by molar-refractivity contribution is -0.117. The van der Waals surface area contributed by atoms with Crippen LogP contribution in [0.4, 0.5) is 11.4 Å². The van der Waals surface area contributed by atoms with Crippen LogP contribution in [0, 0.1) is 11.3 Å². The van der Waals surface area contributed by atoms with Gasteiger partial charge in [0.05, 0.1) is 5.56 Å². The van der Waals surface area contributed by atoms with Crippen LogP contribution in [0.15, 0.2) is 18.2 Å². The van der Waals surface area contributed by atoms with Crippen molar-refractivity contribution in [3.8, 4) is 0 Å². The van der Waals surface area contributed by atoms with Crippen molar-refractivity contribution in [3.05, 3.63) is 23.8 Å². The standard InChI is InChI=1S/C22H37N3O3/c1-16(15-22(2,3)4)13-20(26)24-17-9-10-19(25(5)6)18(14-17)21(27)23-11-8-12-28-7/h9-10,14,16H,8,11-13,15H2,1-7H3,(H,23,27)(H,24,26). The van der Waals surface area contributed by atoms with Gasteiger partial charge in [0, 0.05) is 52.2 Å². The average molecular weight is 392 g/mol. The number of amides is 2. The predicted octanol–water partition coefficient (Wildman–Crippen LogP) is 3.92. The Bertz CT molecular complexity index is 651. The second-order valence-electron chi connectivity index (χ2n) is 8.85. The maximum Gasteiger partial charge on any atom is 0.253 e. The summed E-state index contributed by atoms with van der Waals surface area (Å²) in [7, 11) is 5.42. The third-order valence-electron chi connectivity index (χ3n) is 4.31. The van der Waals surface area contributed by atoms with Crippen LogP contribution >= 0.6 is 0 Å². The van der Waals surface area contributed by atoms with Crippen LogP contribution in [0.5, 0.6) is 0 Å². The largest absolute Gasteiger partial charge is 0.385 e. The Kier molecular flexibility index (Phi) is 9.46. The van der Waals surface area contributed by atoms with E-state index in [9.17, 15) is 9.59 Å². The number of carbonyl (C=O) groups excluding carboxylic acids is 2. The second kappa shape index (κ2) is 11.1. The molecule has 0 aliphatic heterocycles. The number of nitrogens with one attached hydrogen (secondary N) is 2. The highest BCUT2D eigenvalue weighted by Crippen LogP contribution is 2.27. The van der Waals surface area contributed by atoms with Gasteiger partial charge in [-0.25, -0.2) is 0 Å². The van der Waals surface area contributed by atoms with E-state index in [0.717, 1.165) is 18.5 Å². The zero-order chi connectivity index (χ0) is 21.3. The Hall–Kier alpha value is -2.08. The maximum absolute atomic E-state index is 12.6. The third-order valence-corrected chi connectivity index (χ3v) is 4.31. The summed E-state index contributed by atoms with van der Waals surface area (Å²) in [5.41, 5.74) is 2.19. The number of rotatable bonds is 10. The molecule has 1 aromatic carbocycles. The van der Waals surface area contributed by atoms with Gasteiger partial charge in [0.2, 0.25) is 5.91 Å². The normalized spacial score (nSPS) is 12.4. The second-order valence-corrected chi connectivity index (χ2v) is 8.85. The van der Waals surface area contributed by atoms with Gasteiger partial charge in [0.1, 0.15) is 0 Å². The molecule has 0 radical (unpaired) electrons. The average Bonchev–Trinajstić information content (AvgIpc) is 2.56. The van der Waals surface area contributed by atoms with E-state index in [1.807, 2.05) is 31.1 Å². The fourth-order valence-electron chi connectivity index (χ4n) is 3.35. The van der Waals surface area contributed by atoms with Crippen molar-refractivity contribution in [1.29, 1.82) is 0 Å². The van der Waals surface area contributed by atoms with Crippen LogP contribution < -0.4 is 15.5 Å². The first-order valence-corrected chi connectivity index (χ1v) is 9.92. The lowest BCUT2D eigenvalue weighted by Gasteiger charge is -2.23. The van der Waals surface area contributed by atoms with E-state index in [0.29, 0.717) is 36.7 Å². The quantitative estimate of drug-likeness (QED) is 0.593. The van der Waals surface area contributed by atoms with Gasteiger partial charge in [-0.3, -0.25) is 9.59 Å². The third kappa shape index (κ3) is 8.74. The molecule has 0 bridgehead atoms. The van der Waals surface area contributed by atoms with E-state index in [4.69, 9.17) is 4.74 Å². The van der Waals surface area contributed by atoms with Crippen LogP contribution in [-0.4, -0.2) is 46.2 Å². The van der Waals surface area contributed by atoms with Crippen molar-refractivity contribution >= 4 is 23.2 Å². The molecule has 6 nitrogen and oxygen atoms in total.